The van der Waals surface area contributed by atoms with Crippen LogP contribution in [0.5, 0.6) is 5.88 Å². The van der Waals surface area contributed by atoms with Crippen molar-refractivity contribution in [1.82, 2.24) is 4.98 Å². The van der Waals surface area contributed by atoms with Gasteiger partial charge in [0.1, 0.15) is 0 Å². The summed E-state index contributed by atoms with van der Waals surface area (Å²) in [6.45, 7) is 0. The molecule has 0 bridgehead atoms. The second-order valence-electron chi connectivity index (χ2n) is 3.02. The molecule has 16 heavy (non-hydrogen) atoms. The van der Waals surface area contributed by atoms with E-state index in [1.165, 1.54) is 0 Å². The average Bonchev–Trinajstić information content (AvgIpc) is 2.52. The first kappa shape index (κ1) is 10.8. The number of thiocarbonyl (C=S) groups is 1. The predicted molar refractivity (Wildman–Crippen MR) is 66.3 cm³/mol. The molecule has 0 radical (unpaired) electrons. The monoisotopic (exact) mass is 254 g/mol. The zero-order valence-corrected chi connectivity index (χ0v) is 9.51. The minimum atomic E-state index is -0.122. The Kier molecular flexibility index (Phi) is 2.76. The number of halogens is 1. The molecule has 0 spiro atoms. The van der Waals surface area contributed by atoms with Gasteiger partial charge < -0.3 is 15.8 Å². The van der Waals surface area contributed by atoms with E-state index in [1.54, 1.807) is 18.2 Å². The van der Waals surface area contributed by atoms with Crippen molar-refractivity contribution in [2.45, 2.75) is 0 Å². The van der Waals surface area contributed by atoms with E-state index in [9.17, 15) is 5.11 Å². The van der Waals surface area contributed by atoms with Gasteiger partial charge >= 0.3 is 0 Å². The molecule has 0 atom stereocenters. The van der Waals surface area contributed by atoms with Gasteiger partial charge in [0.25, 0.3) is 0 Å². The third kappa shape index (κ3) is 1.84. The summed E-state index contributed by atoms with van der Waals surface area (Å²) in [5.41, 5.74) is 6.09. The van der Waals surface area contributed by atoms with Crippen molar-refractivity contribution < 1.29 is 5.11 Å². The van der Waals surface area contributed by atoms with E-state index in [-0.39, 0.29) is 16.7 Å². The Bertz CT molecular complexity index is 592. The number of nitrogens with zero attached hydrogens (tertiary/aromatic N) is 2. The third-order valence-corrected chi connectivity index (χ3v) is 2.37. The van der Waals surface area contributed by atoms with Gasteiger partial charge in [-0.25, -0.2) is 0 Å². The average molecular weight is 255 g/mol. The van der Waals surface area contributed by atoms with Crippen LogP contribution in [0.4, 0.5) is 5.69 Å². The largest absolute Gasteiger partial charge is 0.493 e. The summed E-state index contributed by atoms with van der Waals surface area (Å²) in [5.74, 6) is -0.122. The lowest BCUT2D eigenvalue weighted by atomic mass is 10.2. The summed E-state index contributed by atoms with van der Waals surface area (Å²) < 4.78 is 0. The fourth-order valence-electron chi connectivity index (χ4n) is 1.37. The van der Waals surface area contributed by atoms with Gasteiger partial charge in [-0.2, -0.15) is 0 Å². The molecule has 7 heteroatoms. The molecule has 0 saturated carbocycles. The molecular formula is C9H7ClN4OS. The zero-order chi connectivity index (χ0) is 11.7. The minimum absolute atomic E-state index is 0.110. The lowest BCUT2D eigenvalue weighted by Gasteiger charge is -1.93. The Morgan fingerprint density at radius 2 is 2.25 bits per heavy atom. The molecule has 2 aromatic rings. The lowest BCUT2D eigenvalue weighted by Crippen LogP contribution is -2.01. The molecule has 0 unspecified atom stereocenters. The first-order valence-electron chi connectivity index (χ1n) is 4.30. The van der Waals surface area contributed by atoms with E-state index in [4.69, 9.17) is 17.3 Å². The highest BCUT2D eigenvalue weighted by atomic mass is 35.5. The van der Waals surface area contributed by atoms with Crippen LogP contribution in [-0.2, 0) is 0 Å². The molecule has 0 aliphatic heterocycles. The van der Waals surface area contributed by atoms with Crippen LogP contribution >= 0.6 is 23.8 Å². The molecule has 0 amide bonds. The van der Waals surface area contributed by atoms with Crippen LogP contribution in [0, 0.1) is 0 Å². The van der Waals surface area contributed by atoms with Crippen molar-refractivity contribution >= 4 is 45.5 Å². The van der Waals surface area contributed by atoms with Crippen molar-refractivity contribution in [3.63, 3.8) is 0 Å². The molecule has 1 aromatic carbocycles. The number of nitrogens with one attached hydrogen (secondary N) is 1. The van der Waals surface area contributed by atoms with Crippen LogP contribution in [-0.4, -0.2) is 15.2 Å². The van der Waals surface area contributed by atoms with Crippen LogP contribution in [0.3, 0.4) is 0 Å². The molecule has 2 rings (SSSR count). The van der Waals surface area contributed by atoms with Crippen molar-refractivity contribution in [3.8, 4) is 5.88 Å². The quantitative estimate of drug-likeness (QED) is 0.540. The summed E-state index contributed by atoms with van der Waals surface area (Å²) >= 11 is 10.6. The summed E-state index contributed by atoms with van der Waals surface area (Å²) in [7, 11) is 0. The number of azo groups is 1. The van der Waals surface area contributed by atoms with Gasteiger partial charge in [0.05, 0.1) is 10.5 Å². The lowest BCUT2D eigenvalue weighted by molar-refractivity contribution is 0.459. The summed E-state index contributed by atoms with van der Waals surface area (Å²) in [6, 6.07) is 5.22. The number of hydrogen-bond donors (Lipinski definition) is 3. The predicted octanol–water partition coefficient (Wildman–Crippen LogP) is 2.85. The SMILES string of the molecule is NC(=S)N=Nc1c(O)[nH]c2cccc(Cl)c12. The van der Waals surface area contributed by atoms with Gasteiger partial charge in [-0.05, 0) is 24.4 Å². The molecule has 1 heterocycles. The standard InChI is InChI=1S/C9H7ClN4OS/c10-4-2-1-3-5-6(4)7(8(15)12-5)13-14-9(11)16/h1-3,12,15H,(H2,11,16). The summed E-state index contributed by atoms with van der Waals surface area (Å²) in [5, 5.41) is 17.8. The van der Waals surface area contributed by atoms with E-state index in [1.807, 2.05) is 0 Å². The highest BCUT2D eigenvalue weighted by molar-refractivity contribution is 7.80. The molecule has 4 N–H and O–H groups in total. The fourth-order valence-corrected chi connectivity index (χ4v) is 1.68. The molecule has 0 saturated heterocycles. The number of aromatic nitrogens is 1. The minimum Gasteiger partial charge on any atom is -0.493 e. The number of H-pyrrole nitrogens is 1. The second kappa shape index (κ2) is 4.07. The maximum absolute atomic E-state index is 9.62. The number of benzene rings is 1. The van der Waals surface area contributed by atoms with Gasteiger partial charge in [0.15, 0.2) is 5.69 Å². The van der Waals surface area contributed by atoms with E-state index in [0.29, 0.717) is 15.9 Å². The number of nitrogens with two attached hydrogens (primary N) is 1. The van der Waals surface area contributed by atoms with E-state index < -0.39 is 0 Å². The number of hydrogen-bond acceptors (Lipinski definition) is 3. The van der Waals surface area contributed by atoms with Crippen LogP contribution in [0.2, 0.25) is 5.02 Å². The third-order valence-electron chi connectivity index (χ3n) is 1.98. The molecule has 5 nitrogen and oxygen atoms in total. The van der Waals surface area contributed by atoms with E-state index in [0.717, 1.165) is 0 Å². The van der Waals surface area contributed by atoms with Crippen molar-refractivity contribution in [1.29, 1.82) is 0 Å². The van der Waals surface area contributed by atoms with Crippen molar-refractivity contribution in [2.24, 2.45) is 16.0 Å². The molecule has 82 valence electrons. The molecule has 1 aromatic heterocycles. The molecular weight excluding hydrogens is 248 g/mol. The Balaban J connectivity index is 2.68. The molecule has 0 aliphatic rings. The molecule has 0 fully saturated rings. The van der Waals surface area contributed by atoms with Crippen molar-refractivity contribution in [2.75, 3.05) is 0 Å². The molecule has 0 aliphatic carbocycles. The fraction of sp³-hybridized carbons (Fsp3) is 0. The highest BCUT2D eigenvalue weighted by Crippen LogP contribution is 2.39. The Labute approximate surface area is 101 Å². The Morgan fingerprint density at radius 3 is 2.94 bits per heavy atom. The Hall–Kier alpha value is -1.66. The second-order valence-corrected chi connectivity index (χ2v) is 3.85. The summed E-state index contributed by atoms with van der Waals surface area (Å²) in [4.78, 5) is 2.72. The van der Waals surface area contributed by atoms with Crippen LogP contribution in [0.25, 0.3) is 10.9 Å². The van der Waals surface area contributed by atoms with Gasteiger partial charge in [-0.3, -0.25) is 0 Å². The number of aromatic amines is 1. The van der Waals surface area contributed by atoms with Crippen LogP contribution in [0.1, 0.15) is 0 Å². The number of aromatic hydroxyl groups is 1. The first-order valence-corrected chi connectivity index (χ1v) is 5.08. The maximum Gasteiger partial charge on any atom is 0.218 e. The van der Waals surface area contributed by atoms with Crippen LogP contribution < -0.4 is 5.73 Å². The maximum atomic E-state index is 9.62. The highest BCUT2D eigenvalue weighted by Gasteiger charge is 2.12. The van der Waals surface area contributed by atoms with Gasteiger partial charge in [-0.1, -0.05) is 17.7 Å². The van der Waals surface area contributed by atoms with Crippen LogP contribution in [0.15, 0.2) is 28.4 Å². The van der Waals surface area contributed by atoms with Crippen molar-refractivity contribution in [3.05, 3.63) is 23.2 Å². The van der Waals surface area contributed by atoms with Gasteiger partial charge in [-0.15, -0.1) is 10.2 Å². The topological polar surface area (TPSA) is 86.8 Å². The number of rotatable bonds is 1. The van der Waals surface area contributed by atoms with Gasteiger partial charge in [0, 0.05) is 5.39 Å². The normalized spacial score (nSPS) is 11.3. The summed E-state index contributed by atoms with van der Waals surface area (Å²) in [6.07, 6.45) is 0. The van der Waals surface area contributed by atoms with E-state index >= 15 is 0 Å². The smallest absolute Gasteiger partial charge is 0.218 e. The Morgan fingerprint density at radius 1 is 1.50 bits per heavy atom. The van der Waals surface area contributed by atoms with Gasteiger partial charge in [0.2, 0.25) is 11.0 Å². The first-order chi connectivity index (χ1) is 7.59. The number of fused-ring (bicyclic) bond motifs is 1. The zero-order valence-electron chi connectivity index (χ0n) is 7.94. The van der Waals surface area contributed by atoms with E-state index in [2.05, 4.69) is 27.4 Å².